The van der Waals surface area contributed by atoms with Gasteiger partial charge in [0.2, 0.25) is 11.8 Å². The summed E-state index contributed by atoms with van der Waals surface area (Å²) in [5.41, 5.74) is 12.1. The first-order chi connectivity index (χ1) is 9.95. The quantitative estimate of drug-likeness (QED) is 0.626. The van der Waals surface area contributed by atoms with Crippen LogP contribution in [0, 0.1) is 0 Å². The molecule has 0 aliphatic rings. The van der Waals surface area contributed by atoms with Crippen molar-refractivity contribution in [3.8, 4) is 0 Å². The zero-order valence-electron chi connectivity index (χ0n) is 12.6. The molecule has 0 aliphatic carbocycles. The third-order valence-corrected chi connectivity index (χ3v) is 3.30. The molecule has 0 radical (unpaired) electrons. The largest absolute Gasteiger partial charge is 0.397 e. The van der Waals surface area contributed by atoms with E-state index in [-0.39, 0.29) is 12.5 Å². The number of nitrogens with one attached hydrogen (secondary N) is 1. The molecular formula is C15H24N4O2. The van der Waals surface area contributed by atoms with E-state index in [1.54, 1.807) is 36.1 Å². The summed E-state index contributed by atoms with van der Waals surface area (Å²) >= 11 is 0. The summed E-state index contributed by atoms with van der Waals surface area (Å²) in [5.74, 6) is -0.643. The molecule has 0 spiro atoms. The fraction of sp³-hybridized carbons (Fsp3) is 0.467. The molecule has 5 N–H and O–H groups in total. The van der Waals surface area contributed by atoms with Crippen molar-refractivity contribution in [3.63, 3.8) is 0 Å². The SMILES string of the molecule is CCCCN(CC(N)=O)C(C)C(=O)Nc1ccccc1N. The van der Waals surface area contributed by atoms with Gasteiger partial charge in [0.15, 0.2) is 0 Å². The maximum atomic E-state index is 12.3. The van der Waals surface area contributed by atoms with Gasteiger partial charge < -0.3 is 16.8 Å². The molecule has 6 heteroatoms. The van der Waals surface area contributed by atoms with E-state index in [2.05, 4.69) is 12.2 Å². The van der Waals surface area contributed by atoms with E-state index in [4.69, 9.17) is 11.5 Å². The Bertz CT molecular complexity index is 490. The van der Waals surface area contributed by atoms with Crippen LogP contribution in [-0.2, 0) is 9.59 Å². The molecule has 0 saturated heterocycles. The Balaban J connectivity index is 2.72. The minimum atomic E-state index is -0.455. The molecule has 0 aromatic heterocycles. The molecule has 0 saturated carbocycles. The molecule has 1 aromatic carbocycles. The molecule has 0 bridgehead atoms. The van der Waals surface area contributed by atoms with Crippen LogP contribution in [0.25, 0.3) is 0 Å². The zero-order valence-corrected chi connectivity index (χ0v) is 12.6. The number of primary amides is 1. The molecule has 116 valence electrons. The van der Waals surface area contributed by atoms with Gasteiger partial charge in [-0.3, -0.25) is 14.5 Å². The van der Waals surface area contributed by atoms with Crippen molar-refractivity contribution in [2.24, 2.45) is 5.73 Å². The average molecular weight is 292 g/mol. The lowest BCUT2D eigenvalue weighted by Gasteiger charge is -2.27. The predicted molar refractivity (Wildman–Crippen MR) is 84.6 cm³/mol. The molecule has 2 amide bonds. The number of benzene rings is 1. The van der Waals surface area contributed by atoms with Crippen molar-refractivity contribution < 1.29 is 9.59 Å². The van der Waals surface area contributed by atoms with Crippen LogP contribution < -0.4 is 16.8 Å². The topological polar surface area (TPSA) is 101 Å². The molecule has 6 nitrogen and oxygen atoms in total. The summed E-state index contributed by atoms with van der Waals surface area (Å²) in [4.78, 5) is 25.2. The highest BCUT2D eigenvalue weighted by molar-refractivity contribution is 5.97. The number of para-hydroxylation sites is 2. The molecule has 1 unspecified atom stereocenters. The van der Waals surface area contributed by atoms with Crippen LogP contribution in [0.2, 0.25) is 0 Å². The number of amides is 2. The Morgan fingerprint density at radius 3 is 2.57 bits per heavy atom. The normalized spacial score (nSPS) is 12.1. The second-order valence-electron chi connectivity index (χ2n) is 5.04. The molecular weight excluding hydrogens is 268 g/mol. The van der Waals surface area contributed by atoms with Gasteiger partial charge >= 0.3 is 0 Å². The van der Waals surface area contributed by atoms with Gasteiger partial charge in [-0.2, -0.15) is 0 Å². The number of nitrogen functional groups attached to an aromatic ring is 1. The maximum absolute atomic E-state index is 12.3. The van der Waals surface area contributed by atoms with Gasteiger partial charge in [-0.15, -0.1) is 0 Å². The minimum Gasteiger partial charge on any atom is -0.397 e. The molecule has 1 aromatic rings. The van der Waals surface area contributed by atoms with E-state index in [0.29, 0.717) is 17.9 Å². The van der Waals surface area contributed by atoms with Gasteiger partial charge in [0, 0.05) is 0 Å². The maximum Gasteiger partial charge on any atom is 0.241 e. The Kier molecular flexibility index (Phi) is 6.68. The predicted octanol–water partition coefficient (Wildman–Crippen LogP) is 1.18. The summed E-state index contributed by atoms with van der Waals surface area (Å²) in [6.07, 6.45) is 1.88. The molecule has 1 rings (SSSR count). The summed E-state index contributed by atoms with van der Waals surface area (Å²) in [6.45, 7) is 4.53. The van der Waals surface area contributed by atoms with Crippen LogP contribution in [0.4, 0.5) is 11.4 Å². The Hall–Kier alpha value is -2.08. The number of unbranched alkanes of at least 4 members (excludes halogenated alkanes) is 1. The number of hydrogen-bond acceptors (Lipinski definition) is 4. The fourth-order valence-corrected chi connectivity index (χ4v) is 1.98. The van der Waals surface area contributed by atoms with Crippen LogP contribution in [0.5, 0.6) is 0 Å². The highest BCUT2D eigenvalue weighted by Crippen LogP contribution is 2.17. The number of nitrogens with zero attached hydrogens (tertiary/aromatic N) is 1. The molecule has 1 atom stereocenters. The van der Waals surface area contributed by atoms with Gasteiger partial charge in [-0.1, -0.05) is 25.5 Å². The van der Waals surface area contributed by atoms with E-state index < -0.39 is 11.9 Å². The third kappa shape index (κ3) is 5.43. The van der Waals surface area contributed by atoms with Crippen molar-refractivity contribution in [1.29, 1.82) is 0 Å². The lowest BCUT2D eigenvalue weighted by atomic mass is 10.2. The highest BCUT2D eigenvalue weighted by atomic mass is 16.2. The Morgan fingerprint density at radius 2 is 2.00 bits per heavy atom. The van der Waals surface area contributed by atoms with Gasteiger partial charge in [-0.05, 0) is 32.0 Å². The van der Waals surface area contributed by atoms with Crippen LogP contribution in [-0.4, -0.2) is 35.8 Å². The van der Waals surface area contributed by atoms with E-state index in [9.17, 15) is 9.59 Å². The fourth-order valence-electron chi connectivity index (χ4n) is 1.98. The van der Waals surface area contributed by atoms with Gasteiger partial charge in [0.05, 0.1) is 24.0 Å². The number of carbonyl (C=O) groups is 2. The number of carbonyl (C=O) groups excluding carboxylic acids is 2. The standard InChI is InChI=1S/C15H24N4O2/c1-3-4-9-19(10-14(17)20)11(2)15(21)18-13-8-6-5-7-12(13)16/h5-8,11H,3-4,9-10,16H2,1-2H3,(H2,17,20)(H,18,21). The van der Waals surface area contributed by atoms with Crippen molar-refractivity contribution in [1.82, 2.24) is 4.90 Å². The third-order valence-electron chi connectivity index (χ3n) is 3.30. The van der Waals surface area contributed by atoms with Crippen molar-refractivity contribution in [2.75, 3.05) is 24.1 Å². The lowest BCUT2D eigenvalue weighted by Crippen LogP contribution is -2.46. The van der Waals surface area contributed by atoms with Crippen LogP contribution in [0.3, 0.4) is 0 Å². The number of rotatable bonds is 8. The summed E-state index contributed by atoms with van der Waals surface area (Å²) < 4.78 is 0. The number of nitrogens with two attached hydrogens (primary N) is 2. The van der Waals surface area contributed by atoms with Crippen LogP contribution in [0.1, 0.15) is 26.7 Å². The smallest absolute Gasteiger partial charge is 0.241 e. The van der Waals surface area contributed by atoms with Gasteiger partial charge in [0.1, 0.15) is 0 Å². The van der Waals surface area contributed by atoms with Crippen LogP contribution in [0.15, 0.2) is 24.3 Å². The van der Waals surface area contributed by atoms with E-state index in [1.165, 1.54) is 0 Å². The molecule has 21 heavy (non-hydrogen) atoms. The van der Waals surface area contributed by atoms with Crippen molar-refractivity contribution in [2.45, 2.75) is 32.7 Å². The second-order valence-corrected chi connectivity index (χ2v) is 5.04. The van der Waals surface area contributed by atoms with Gasteiger partial charge in [-0.25, -0.2) is 0 Å². The number of anilines is 2. The lowest BCUT2D eigenvalue weighted by molar-refractivity contribution is -0.123. The molecule has 0 heterocycles. The average Bonchev–Trinajstić information content (AvgIpc) is 2.44. The first-order valence-corrected chi connectivity index (χ1v) is 7.13. The molecule has 0 aliphatic heterocycles. The van der Waals surface area contributed by atoms with E-state index in [0.717, 1.165) is 12.8 Å². The minimum absolute atomic E-state index is 0.0683. The molecule has 0 fully saturated rings. The second kappa shape index (κ2) is 8.26. The van der Waals surface area contributed by atoms with E-state index in [1.807, 2.05) is 0 Å². The Morgan fingerprint density at radius 1 is 1.33 bits per heavy atom. The summed E-state index contributed by atoms with van der Waals surface area (Å²) in [7, 11) is 0. The summed E-state index contributed by atoms with van der Waals surface area (Å²) in [5, 5.41) is 2.78. The van der Waals surface area contributed by atoms with Crippen molar-refractivity contribution >= 4 is 23.2 Å². The monoisotopic (exact) mass is 292 g/mol. The summed E-state index contributed by atoms with van der Waals surface area (Å²) in [6, 6.07) is 6.61. The highest BCUT2D eigenvalue weighted by Gasteiger charge is 2.22. The zero-order chi connectivity index (χ0) is 15.8. The van der Waals surface area contributed by atoms with E-state index >= 15 is 0 Å². The number of hydrogen-bond donors (Lipinski definition) is 3. The first kappa shape index (κ1) is 17.0. The first-order valence-electron chi connectivity index (χ1n) is 7.13. The van der Waals surface area contributed by atoms with Gasteiger partial charge in [0.25, 0.3) is 0 Å². The van der Waals surface area contributed by atoms with Crippen molar-refractivity contribution in [3.05, 3.63) is 24.3 Å². The Labute approximate surface area is 125 Å². The van der Waals surface area contributed by atoms with Crippen LogP contribution >= 0.6 is 0 Å².